The summed E-state index contributed by atoms with van der Waals surface area (Å²) in [4.78, 5) is 6.05. The van der Waals surface area contributed by atoms with Gasteiger partial charge in [-0.1, -0.05) is 12.1 Å². The molecule has 1 aromatic carbocycles. The van der Waals surface area contributed by atoms with E-state index in [9.17, 15) is 8.78 Å². The first-order chi connectivity index (χ1) is 10.0. The molecule has 2 aromatic rings. The molecule has 21 heavy (non-hydrogen) atoms. The van der Waals surface area contributed by atoms with Gasteiger partial charge in [-0.2, -0.15) is 0 Å². The SMILES string of the molecule is CN(CCC(N)c1ccc(F)cn1)Cc1cccc(F)c1. The smallest absolute Gasteiger partial charge is 0.141 e. The van der Waals surface area contributed by atoms with Crippen molar-refractivity contribution >= 4 is 0 Å². The first kappa shape index (κ1) is 15.5. The van der Waals surface area contributed by atoms with Crippen LogP contribution in [0, 0.1) is 11.6 Å². The van der Waals surface area contributed by atoms with Gasteiger partial charge < -0.3 is 10.6 Å². The van der Waals surface area contributed by atoms with Crippen LogP contribution in [0.3, 0.4) is 0 Å². The monoisotopic (exact) mass is 291 g/mol. The second kappa shape index (κ2) is 7.24. The largest absolute Gasteiger partial charge is 0.323 e. The average molecular weight is 291 g/mol. The molecule has 1 aromatic heterocycles. The Morgan fingerprint density at radius 3 is 2.67 bits per heavy atom. The molecule has 0 bridgehead atoms. The molecular weight excluding hydrogens is 272 g/mol. The lowest BCUT2D eigenvalue weighted by Gasteiger charge is -2.19. The van der Waals surface area contributed by atoms with Crippen LogP contribution in [-0.2, 0) is 6.54 Å². The van der Waals surface area contributed by atoms with Crippen molar-refractivity contribution in [3.63, 3.8) is 0 Å². The highest BCUT2D eigenvalue weighted by atomic mass is 19.1. The second-order valence-electron chi connectivity index (χ2n) is 5.16. The topological polar surface area (TPSA) is 42.1 Å². The lowest BCUT2D eigenvalue weighted by atomic mass is 10.1. The zero-order valence-electron chi connectivity index (χ0n) is 12.0. The van der Waals surface area contributed by atoms with Crippen molar-refractivity contribution in [2.45, 2.75) is 19.0 Å². The van der Waals surface area contributed by atoms with Crippen LogP contribution in [-0.4, -0.2) is 23.5 Å². The molecule has 0 radical (unpaired) electrons. The van der Waals surface area contributed by atoms with E-state index >= 15 is 0 Å². The summed E-state index contributed by atoms with van der Waals surface area (Å²) in [6, 6.07) is 9.27. The van der Waals surface area contributed by atoms with Crippen molar-refractivity contribution < 1.29 is 8.78 Å². The molecule has 5 heteroatoms. The zero-order valence-corrected chi connectivity index (χ0v) is 12.0. The van der Waals surface area contributed by atoms with E-state index in [4.69, 9.17) is 5.73 Å². The molecule has 1 heterocycles. The van der Waals surface area contributed by atoms with E-state index in [0.717, 1.165) is 12.1 Å². The quantitative estimate of drug-likeness (QED) is 0.890. The molecule has 0 aliphatic rings. The van der Waals surface area contributed by atoms with Crippen molar-refractivity contribution in [3.8, 4) is 0 Å². The first-order valence-corrected chi connectivity index (χ1v) is 6.84. The van der Waals surface area contributed by atoms with Crippen LogP contribution in [0.2, 0.25) is 0 Å². The molecule has 0 saturated heterocycles. The van der Waals surface area contributed by atoms with E-state index in [0.29, 0.717) is 18.7 Å². The summed E-state index contributed by atoms with van der Waals surface area (Å²) >= 11 is 0. The Morgan fingerprint density at radius 2 is 2.00 bits per heavy atom. The number of nitrogens with two attached hydrogens (primary N) is 1. The van der Waals surface area contributed by atoms with Gasteiger partial charge >= 0.3 is 0 Å². The molecular formula is C16H19F2N3. The molecule has 2 N–H and O–H groups in total. The Hall–Kier alpha value is -1.85. The maximum absolute atomic E-state index is 13.1. The third kappa shape index (κ3) is 4.88. The van der Waals surface area contributed by atoms with Crippen LogP contribution in [0.4, 0.5) is 8.78 Å². The maximum atomic E-state index is 13.1. The summed E-state index contributed by atoms with van der Waals surface area (Å²) in [5, 5.41) is 0. The minimum Gasteiger partial charge on any atom is -0.323 e. The lowest BCUT2D eigenvalue weighted by Crippen LogP contribution is -2.24. The Bertz CT molecular complexity index is 572. The van der Waals surface area contributed by atoms with Gasteiger partial charge in [-0.3, -0.25) is 4.98 Å². The predicted octanol–water partition coefficient (Wildman–Crippen LogP) is 2.88. The zero-order chi connectivity index (χ0) is 15.2. The molecule has 0 spiro atoms. The lowest BCUT2D eigenvalue weighted by molar-refractivity contribution is 0.310. The number of hydrogen-bond donors (Lipinski definition) is 1. The summed E-state index contributed by atoms with van der Waals surface area (Å²) in [6.07, 6.45) is 1.87. The number of aromatic nitrogens is 1. The van der Waals surface area contributed by atoms with E-state index in [2.05, 4.69) is 9.88 Å². The average Bonchev–Trinajstić information content (AvgIpc) is 2.45. The minimum atomic E-state index is -0.367. The van der Waals surface area contributed by atoms with Crippen molar-refractivity contribution in [2.24, 2.45) is 5.73 Å². The molecule has 0 fully saturated rings. The van der Waals surface area contributed by atoms with E-state index in [1.807, 2.05) is 13.1 Å². The van der Waals surface area contributed by atoms with Crippen LogP contribution in [0.25, 0.3) is 0 Å². The maximum Gasteiger partial charge on any atom is 0.141 e. The third-order valence-electron chi connectivity index (χ3n) is 3.29. The Morgan fingerprint density at radius 1 is 1.19 bits per heavy atom. The fourth-order valence-electron chi connectivity index (χ4n) is 2.14. The fourth-order valence-corrected chi connectivity index (χ4v) is 2.14. The Balaban J connectivity index is 1.83. The Labute approximate surface area is 123 Å². The van der Waals surface area contributed by atoms with Gasteiger partial charge in [0.1, 0.15) is 11.6 Å². The van der Waals surface area contributed by atoms with Crippen LogP contribution < -0.4 is 5.73 Å². The molecule has 1 unspecified atom stereocenters. The number of halogens is 2. The van der Waals surface area contributed by atoms with Crippen LogP contribution in [0.1, 0.15) is 23.7 Å². The highest BCUT2D eigenvalue weighted by Gasteiger charge is 2.09. The first-order valence-electron chi connectivity index (χ1n) is 6.84. The van der Waals surface area contributed by atoms with E-state index in [1.54, 1.807) is 12.1 Å². The highest BCUT2D eigenvalue weighted by Crippen LogP contribution is 2.13. The van der Waals surface area contributed by atoms with E-state index in [1.165, 1.54) is 24.4 Å². The van der Waals surface area contributed by atoms with E-state index in [-0.39, 0.29) is 17.7 Å². The molecule has 0 aliphatic carbocycles. The highest BCUT2D eigenvalue weighted by molar-refractivity contribution is 5.16. The molecule has 3 nitrogen and oxygen atoms in total. The number of benzene rings is 1. The Kier molecular flexibility index (Phi) is 5.36. The molecule has 112 valence electrons. The summed E-state index contributed by atoms with van der Waals surface area (Å²) < 4.78 is 25.9. The van der Waals surface area contributed by atoms with Gasteiger partial charge in [0.05, 0.1) is 11.9 Å². The summed E-state index contributed by atoms with van der Waals surface area (Å²) in [5.41, 5.74) is 7.64. The summed E-state index contributed by atoms with van der Waals surface area (Å²) in [5.74, 6) is -0.595. The summed E-state index contributed by atoms with van der Waals surface area (Å²) in [7, 11) is 1.95. The van der Waals surface area contributed by atoms with Gasteiger partial charge in [-0.25, -0.2) is 8.78 Å². The van der Waals surface area contributed by atoms with Crippen molar-refractivity contribution in [1.82, 2.24) is 9.88 Å². The van der Waals surface area contributed by atoms with Crippen molar-refractivity contribution in [1.29, 1.82) is 0 Å². The van der Waals surface area contributed by atoms with Gasteiger partial charge in [0.15, 0.2) is 0 Å². The molecule has 2 rings (SSSR count). The normalized spacial score (nSPS) is 12.6. The minimum absolute atomic E-state index is 0.229. The van der Waals surface area contributed by atoms with E-state index < -0.39 is 0 Å². The van der Waals surface area contributed by atoms with Gasteiger partial charge in [0, 0.05) is 19.1 Å². The van der Waals surface area contributed by atoms with Crippen LogP contribution in [0.5, 0.6) is 0 Å². The van der Waals surface area contributed by atoms with Crippen LogP contribution >= 0.6 is 0 Å². The fraction of sp³-hybridized carbons (Fsp3) is 0.312. The standard InChI is InChI=1S/C16H19F2N3/c1-21(11-12-3-2-4-13(17)9-12)8-7-15(19)16-6-5-14(18)10-20-16/h2-6,9-10,15H,7-8,11,19H2,1H3. The molecule has 0 aliphatic heterocycles. The molecule has 0 amide bonds. The molecule has 1 atom stereocenters. The van der Waals surface area contributed by atoms with Crippen LogP contribution in [0.15, 0.2) is 42.6 Å². The number of pyridine rings is 1. The molecule has 0 saturated carbocycles. The third-order valence-corrected chi connectivity index (χ3v) is 3.29. The number of hydrogen-bond acceptors (Lipinski definition) is 3. The predicted molar refractivity (Wildman–Crippen MR) is 78.5 cm³/mol. The van der Waals surface area contributed by atoms with Crippen molar-refractivity contribution in [3.05, 3.63) is 65.5 Å². The summed E-state index contributed by atoms with van der Waals surface area (Å²) in [6.45, 7) is 1.40. The van der Waals surface area contributed by atoms with Crippen molar-refractivity contribution in [2.75, 3.05) is 13.6 Å². The second-order valence-corrected chi connectivity index (χ2v) is 5.16. The van der Waals surface area contributed by atoms with Gasteiger partial charge in [0.2, 0.25) is 0 Å². The van der Waals surface area contributed by atoms with Gasteiger partial charge in [-0.15, -0.1) is 0 Å². The number of nitrogens with zero attached hydrogens (tertiary/aromatic N) is 2. The van der Waals surface area contributed by atoms with Gasteiger partial charge in [0.25, 0.3) is 0 Å². The number of rotatable bonds is 6. The van der Waals surface area contributed by atoms with Gasteiger partial charge in [-0.05, 0) is 43.3 Å².